The van der Waals surface area contributed by atoms with Crippen LogP contribution >= 0.6 is 0 Å². The Morgan fingerprint density at radius 3 is 2.50 bits per heavy atom. The molecule has 3 rings (SSSR count). The summed E-state index contributed by atoms with van der Waals surface area (Å²) in [5.74, 6) is 1.01. The van der Waals surface area contributed by atoms with E-state index in [1.807, 2.05) is 6.07 Å². The van der Waals surface area contributed by atoms with E-state index in [-0.39, 0.29) is 0 Å². The Hall–Kier alpha value is -2.02. The van der Waals surface area contributed by atoms with Gasteiger partial charge in [-0.2, -0.15) is 0 Å². The molecule has 0 unspecified atom stereocenters. The number of hydrogen-bond acceptors (Lipinski definition) is 1. The summed E-state index contributed by atoms with van der Waals surface area (Å²) in [7, 11) is 1.74. The molecule has 90 valence electrons. The molecule has 0 aromatic heterocycles. The van der Waals surface area contributed by atoms with Crippen LogP contribution in [0.15, 0.2) is 48.5 Å². The quantitative estimate of drug-likeness (QED) is 0.760. The van der Waals surface area contributed by atoms with Gasteiger partial charge in [0.05, 0.1) is 7.11 Å². The molecule has 0 N–H and O–H groups in total. The zero-order valence-electron chi connectivity index (χ0n) is 10.5. The van der Waals surface area contributed by atoms with Crippen LogP contribution in [-0.2, 0) is 6.42 Å². The molecule has 1 aliphatic rings. The molecule has 18 heavy (non-hydrogen) atoms. The van der Waals surface area contributed by atoms with Gasteiger partial charge in [0.25, 0.3) is 0 Å². The predicted octanol–water partition coefficient (Wildman–Crippen LogP) is 4.18. The van der Waals surface area contributed by atoms with Crippen molar-refractivity contribution in [2.24, 2.45) is 0 Å². The third-order valence-corrected chi connectivity index (χ3v) is 3.51. The molecule has 0 bridgehead atoms. The fourth-order valence-electron chi connectivity index (χ4n) is 2.58. The maximum atomic E-state index is 5.42. The van der Waals surface area contributed by atoms with Crippen molar-refractivity contribution in [2.75, 3.05) is 7.11 Å². The Balaban J connectivity index is 2.04. The molecule has 1 aliphatic carbocycles. The summed E-state index contributed by atoms with van der Waals surface area (Å²) in [5, 5.41) is 0. The molecule has 0 aliphatic heterocycles. The summed E-state index contributed by atoms with van der Waals surface area (Å²) >= 11 is 0. The second kappa shape index (κ2) is 4.69. The third kappa shape index (κ3) is 1.92. The monoisotopic (exact) mass is 236 g/mol. The fourth-order valence-corrected chi connectivity index (χ4v) is 2.58. The molecule has 0 saturated heterocycles. The lowest BCUT2D eigenvalue weighted by molar-refractivity contribution is 0.409. The second-order valence-electron chi connectivity index (χ2n) is 4.56. The summed E-state index contributed by atoms with van der Waals surface area (Å²) in [6.45, 7) is 0. The summed E-state index contributed by atoms with van der Waals surface area (Å²) in [6.07, 6.45) is 4.42. The Bertz CT molecular complexity index is 582. The van der Waals surface area contributed by atoms with E-state index in [9.17, 15) is 0 Å². The fraction of sp³-hybridized carbons (Fsp3) is 0.176. The van der Waals surface area contributed by atoms with Gasteiger partial charge in [-0.1, -0.05) is 48.5 Å². The van der Waals surface area contributed by atoms with Gasteiger partial charge in [-0.15, -0.1) is 0 Å². The highest BCUT2D eigenvalue weighted by Crippen LogP contribution is 2.34. The lowest BCUT2D eigenvalue weighted by Gasteiger charge is -2.19. The lowest BCUT2D eigenvalue weighted by Crippen LogP contribution is -2.01. The highest BCUT2D eigenvalue weighted by atomic mass is 16.5. The van der Waals surface area contributed by atoms with Gasteiger partial charge in [-0.05, 0) is 35.6 Å². The van der Waals surface area contributed by atoms with E-state index in [1.165, 1.54) is 22.3 Å². The minimum absolute atomic E-state index is 1.01. The summed E-state index contributed by atoms with van der Waals surface area (Å²) < 4.78 is 5.42. The maximum absolute atomic E-state index is 5.42. The average molecular weight is 236 g/mol. The van der Waals surface area contributed by atoms with Gasteiger partial charge in [-0.3, -0.25) is 0 Å². The van der Waals surface area contributed by atoms with Crippen molar-refractivity contribution in [1.82, 2.24) is 0 Å². The van der Waals surface area contributed by atoms with E-state index >= 15 is 0 Å². The molecule has 0 heterocycles. The van der Waals surface area contributed by atoms with E-state index in [0.717, 1.165) is 18.6 Å². The molecule has 0 atom stereocenters. The van der Waals surface area contributed by atoms with Crippen LogP contribution in [0, 0.1) is 0 Å². The van der Waals surface area contributed by atoms with Crippen LogP contribution in [0.25, 0.3) is 11.6 Å². The predicted molar refractivity (Wildman–Crippen MR) is 75.6 cm³/mol. The van der Waals surface area contributed by atoms with Crippen LogP contribution in [0.3, 0.4) is 0 Å². The summed E-state index contributed by atoms with van der Waals surface area (Å²) in [4.78, 5) is 0. The van der Waals surface area contributed by atoms with Crippen molar-refractivity contribution in [1.29, 1.82) is 0 Å². The zero-order chi connectivity index (χ0) is 12.4. The molecule has 2 aromatic rings. The van der Waals surface area contributed by atoms with Gasteiger partial charge in [-0.25, -0.2) is 0 Å². The minimum atomic E-state index is 1.01. The largest absolute Gasteiger partial charge is 0.496 e. The van der Waals surface area contributed by atoms with Crippen LogP contribution in [-0.4, -0.2) is 7.11 Å². The van der Waals surface area contributed by atoms with Gasteiger partial charge < -0.3 is 4.74 Å². The molecule has 0 amide bonds. The first-order chi connectivity index (χ1) is 8.88. The van der Waals surface area contributed by atoms with Crippen LogP contribution in [0.1, 0.15) is 23.1 Å². The second-order valence-corrected chi connectivity index (χ2v) is 4.56. The van der Waals surface area contributed by atoms with Gasteiger partial charge in [0.2, 0.25) is 0 Å². The number of hydrogen-bond donors (Lipinski definition) is 0. The standard InChI is InChI=1S/C17H16O/c1-18-17-9-5-8-15-12-14(10-11-16(15)17)13-6-3-2-4-7-13/h2-9,12H,10-11H2,1H3. The third-order valence-electron chi connectivity index (χ3n) is 3.51. The van der Waals surface area contributed by atoms with Crippen molar-refractivity contribution in [3.8, 4) is 5.75 Å². The number of methoxy groups -OCH3 is 1. The van der Waals surface area contributed by atoms with Gasteiger partial charge in [0.1, 0.15) is 5.75 Å². The number of benzene rings is 2. The van der Waals surface area contributed by atoms with Crippen molar-refractivity contribution >= 4 is 11.6 Å². The van der Waals surface area contributed by atoms with E-state index in [1.54, 1.807) is 7.11 Å². The van der Waals surface area contributed by atoms with E-state index in [0.29, 0.717) is 0 Å². The Morgan fingerprint density at radius 1 is 0.889 bits per heavy atom. The summed E-state index contributed by atoms with van der Waals surface area (Å²) in [5.41, 5.74) is 5.36. The Kier molecular flexibility index (Phi) is 2.89. The number of fused-ring (bicyclic) bond motifs is 1. The SMILES string of the molecule is COc1cccc2c1CCC(c1ccccc1)=C2. The molecule has 1 heteroatoms. The number of ether oxygens (including phenoxy) is 1. The minimum Gasteiger partial charge on any atom is -0.496 e. The molecular weight excluding hydrogens is 220 g/mol. The van der Waals surface area contributed by atoms with Gasteiger partial charge in [0.15, 0.2) is 0 Å². The first-order valence-electron chi connectivity index (χ1n) is 6.30. The highest BCUT2D eigenvalue weighted by molar-refractivity contribution is 5.85. The number of allylic oxidation sites excluding steroid dienone is 1. The Labute approximate surface area is 108 Å². The van der Waals surface area contributed by atoms with Gasteiger partial charge in [0, 0.05) is 5.56 Å². The van der Waals surface area contributed by atoms with E-state index < -0.39 is 0 Å². The van der Waals surface area contributed by atoms with Crippen molar-refractivity contribution in [2.45, 2.75) is 12.8 Å². The van der Waals surface area contributed by atoms with Crippen molar-refractivity contribution < 1.29 is 4.74 Å². The molecule has 0 saturated carbocycles. The smallest absolute Gasteiger partial charge is 0.122 e. The molecule has 0 spiro atoms. The maximum Gasteiger partial charge on any atom is 0.122 e. The lowest BCUT2D eigenvalue weighted by atomic mass is 9.88. The van der Waals surface area contributed by atoms with E-state index in [4.69, 9.17) is 4.74 Å². The molecule has 0 fully saturated rings. The van der Waals surface area contributed by atoms with E-state index in [2.05, 4.69) is 48.5 Å². The average Bonchev–Trinajstić information content (AvgIpc) is 2.47. The topological polar surface area (TPSA) is 9.23 Å². The Morgan fingerprint density at radius 2 is 1.72 bits per heavy atom. The highest BCUT2D eigenvalue weighted by Gasteiger charge is 2.14. The number of rotatable bonds is 2. The zero-order valence-corrected chi connectivity index (χ0v) is 10.5. The van der Waals surface area contributed by atoms with Gasteiger partial charge >= 0.3 is 0 Å². The first-order valence-corrected chi connectivity index (χ1v) is 6.30. The molecule has 0 radical (unpaired) electrons. The molecular formula is C17H16O. The summed E-state index contributed by atoms with van der Waals surface area (Å²) in [6, 6.07) is 16.9. The normalized spacial score (nSPS) is 13.7. The molecule has 2 aromatic carbocycles. The van der Waals surface area contributed by atoms with Crippen LogP contribution in [0.4, 0.5) is 0 Å². The van der Waals surface area contributed by atoms with Crippen molar-refractivity contribution in [3.05, 3.63) is 65.2 Å². The van der Waals surface area contributed by atoms with Crippen LogP contribution in [0.5, 0.6) is 5.75 Å². The van der Waals surface area contributed by atoms with Crippen LogP contribution in [0.2, 0.25) is 0 Å². The van der Waals surface area contributed by atoms with Crippen LogP contribution < -0.4 is 4.74 Å². The first kappa shape index (κ1) is 11.1. The molecule has 1 nitrogen and oxygen atoms in total. The van der Waals surface area contributed by atoms with Crippen molar-refractivity contribution in [3.63, 3.8) is 0 Å².